The molecule has 0 N–H and O–H groups in total. The molecule has 0 saturated heterocycles. The Morgan fingerprint density at radius 3 is 2.74 bits per heavy atom. The molecule has 1 aromatic carbocycles. The van der Waals surface area contributed by atoms with Gasteiger partial charge in [-0.2, -0.15) is 5.26 Å². The van der Waals surface area contributed by atoms with Crippen molar-refractivity contribution < 1.29 is 14.3 Å². The second-order valence-corrected chi connectivity index (χ2v) is 4.17. The standard InChI is InChI=1S/C14H14ClNO3/c1-2-19-14(18)12-9-11(13(17)5-7-15)4-3-10(12)6-8-16/h3-4,9H,2,5-7H2,1H3. The van der Waals surface area contributed by atoms with E-state index in [4.69, 9.17) is 21.6 Å². The third-order valence-corrected chi connectivity index (χ3v) is 2.71. The van der Waals surface area contributed by atoms with Gasteiger partial charge < -0.3 is 4.74 Å². The highest BCUT2D eigenvalue weighted by Gasteiger charge is 2.15. The van der Waals surface area contributed by atoms with Crippen molar-refractivity contribution in [2.24, 2.45) is 0 Å². The lowest BCUT2D eigenvalue weighted by Gasteiger charge is -2.08. The van der Waals surface area contributed by atoms with Crippen molar-refractivity contribution in [2.45, 2.75) is 19.8 Å². The number of nitriles is 1. The molecular weight excluding hydrogens is 266 g/mol. The molecule has 0 bridgehead atoms. The minimum Gasteiger partial charge on any atom is -0.462 e. The van der Waals surface area contributed by atoms with Crippen molar-refractivity contribution in [3.63, 3.8) is 0 Å². The lowest BCUT2D eigenvalue weighted by molar-refractivity contribution is 0.0525. The van der Waals surface area contributed by atoms with Crippen LogP contribution in [0.3, 0.4) is 0 Å². The summed E-state index contributed by atoms with van der Waals surface area (Å²) in [5.74, 6) is -0.426. The van der Waals surface area contributed by atoms with Gasteiger partial charge in [0.2, 0.25) is 0 Å². The minimum absolute atomic E-state index is 0.0954. The molecule has 0 aliphatic carbocycles. The molecule has 5 heteroatoms. The second-order valence-electron chi connectivity index (χ2n) is 3.79. The average Bonchev–Trinajstić information content (AvgIpc) is 2.40. The number of ketones is 1. The van der Waals surface area contributed by atoms with Gasteiger partial charge >= 0.3 is 5.97 Å². The van der Waals surface area contributed by atoms with Crippen molar-refractivity contribution in [2.75, 3.05) is 12.5 Å². The summed E-state index contributed by atoms with van der Waals surface area (Å²) in [5, 5.41) is 8.73. The quantitative estimate of drug-likeness (QED) is 0.456. The Labute approximate surface area is 116 Å². The summed E-state index contributed by atoms with van der Waals surface area (Å²) in [6.07, 6.45) is 0.305. The molecule has 0 fully saturated rings. The number of carbonyl (C=O) groups excluding carboxylic acids is 2. The highest BCUT2D eigenvalue weighted by atomic mass is 35.5. The molecule has 0 saturated carbocycles. The van der Waals surface area contributed by atoms with E-state index in [1.54, 1.807) is 19.1 Å². The maximum Gasteiger partial charge on any atom is 0.338 e. The van der Waals surface area contributed by atoms with E-state index < -0.39 is 5.97 Å². The molecule has 0 unspecified atom stereocenters. The van der Waals surface area contributed by atoms with E-state index in [0.29, 0.717) is 11.1 Å². The highest BCUT2D eigenvalue weighted by molar-refractivity contribution is 6.19. The largest absolute Gasteiger partial charge is 0.462 e. The third-order valence-electron chi connectivity index (χ3n) is 2.52. The van der Waals surface area contributed by atoms with Crippen molar-refractivity contribution in [3.05, 3.63) is 34.9 Å². The first kappa shape index (κ1) is 15.2. The molecule has 0 amide bonds. The summed E-state index contributed by atoms with van der Waals surface area (Å²) in [6, 6.07) is 6.66. The number of carbonyl (C=O) groups is 2. The Balaban J connectivity index is 3.14. The van der Waals surface area contributed by atoms with E-state index >= 15 is 0 Å². The van der Waals surface area contributed by atoms with Gasteiger partial charge in [-0.3, -0.25) is 4.79 Å². The van der Waals surface area contributed by atoms with Crippen LogP contribution in [0.2, 0.25) is 0 Å². The molecular formula is C14H14ClNO3. The molecule has 19 heavy (non-hydrogen) atoms. The van der Waals surface area contributed by atoms with E-state index in [9.17, 15) is 9.59 Å². The number of hydrogen-bond acceptors (Lipinski definition) is 4. The van der Waals surface area contributed by atoms with Gasteiger partial charge in [0, 0.05) is 17.9 Å². The number of nitrogens with zero attached hydrogens (tertiary/aromatic N) is 1. The summed E-state index contributed by atoms with van der Waals surface area (Å²) < 4.78 is 4.92. The number of rotatable bonds is 6. The number of halogens is 1. The number of esters is 1. The summed E-state index contributed by atoms with van der Waals surface area (Å²) in [4.78, 5) is 23.5. The second kappa shape index (κ2) is 7.55. The summed E-state index contributed by atoms with van der Waals surface area (Å²) in [6.45, 7) is 1.94. The topological polar surface area (TPSA) is 67.2 Å². The zero-order valence-electron chi connectivity index (χ0n) is 10.6. The van der Waals surface area contributed by atoms with Crippen LogP contribution < -0.4 is 0 Å². The van der Waals surface area contributed by atoms with Crippen molar-refractivity contribution in [3.8, 4) is 6.07 Å². The van der Waals surface area contributed by atoms with Crippen molar-refractivity contribution >= 4 is 23.4 Å². The summed E-state index contributed by atoms with van der Waals surface area (Å²) in [5.41, 5.74) is 1.23. The van der Waals surface area contributed by atoms with Gasteiger partial charge in [0.05, 0.1) is 24.7 Å². The van der Waals surface area contributed by atoms with Gasteiger partial charge in [-0.1, -0.05) is 12.1 Å². The van der Waals surface area contributed by atoms with E-state index in [0.717, 1.165) is 0 Å². The molecule has 0 heterocycles. The number of ether oxygens (including phenoxy) is 1. The molecule has 0 atom stereocenters. The molecule has 0 spiro atoms. The zero-order valence-corrected chi connectivity index (χ0v) is 11.4. The SMILES string of the molecule is CCOC(=O)c1cc(C(=O)CCCl)ccc1CC#N. The van der Waals surface area contributed by atoms with Crippen LogP contribution in [-0.4, -0.2) is 24.2 Å². The Morgan fingerprint density at radius 2 is 2.16 bits per heavy atom. The normalized spacial score (nSPS) is 9.74. The fraction of sp³-hybridized carbons (Fsp3) is 0.357. The molecule has 0 aromatic heterocycles. The molecule has 0 aliphatic rings. The highest BCUT2D eigenvalue weighted by Crippen LogP contribution is 2.16. The summed E-state index contributed by atoms with van der Waals surface area (Å²) >= 11 is 5.52. The third kappa shape index (κ3) is 4.08. The smallest absolute Gasteiger partial charge is 0.338 e. The van der Waals surface area contributed by atoms with E-state index in [2.05, 4.69) is 0 Å². The fourth-order valence-electron chi connectivity index (χ4n) is 1.62. The van der Waals surface area contributed by atoms with Crippen LogP contribution in [-0.2, 0) is 11.2 Å². The van der Waals surface area contributed by atoms with E-state index in [-0.39, 0.29) is 36.7 Å². The van der Waals surface area contributed by atoms with Crippen LogP contribution in [0.5, 0.6) is 0 Å². The number of alkyl halides is 1. The first-order valence-electron chi connectivity index (χ1n) is 5.90. The van der Waals surface area contributed by atoms with E-state index in [1.165, 1.54) is 6.07 Å². The fourth-order valence-corrected chi connectivity index (χ4v) is 1.79. The number of hydrogen-bond donors (Lipinski definition) is 0. The number of benzene rings is 1. The van der Waals surface area contributed by atoms with Crippen LogP contribution >= 0.6 is 11.6 Å². The molecule has 0 radical (unpaired) electrons. The Kier molecular flexibility index (Phi) is 6.04. The van der Waals surface area contributed by atoms with Gasteiger partial charge in [0.1, 0.15) is 0 Å². The maximum absolute atomic E-state index is 11.8. The lowest BCUT2D eigenvalue weighted by Crippen LogP contribution is -2.10. The molecule has 0 aliphatic heterocycles. The first-order chi connectivity index (χ1) is 9.13. The summed E-state index contributed by atoms with van der Waals surface area (Å²) in [7, 11) is 0. The van der Waals surface area contributed by atoms with Crippen molar-refractivity contribution in [1.29, 1.82) is 5.26 Å². The van der Waals surface area contributed by atoms with Gasteiger partial charge in [0.25, 0.3) is 0 Å². The maximum atomic E-state index is 11.8. The van der Waals surface area contributed by atoms with Crippen LogP contribution in [0.4, 0.5) is 0 Å². The Bertz CT molecular complexity index is 520. The Hall–Kier alpha value is -1.86. The van der Waals surface area contributed by atoms with Crippen molar-refractivity contribution in [1.82, 2.24) is 0 Å². The molecule has 1 aromatic rings. The first-order valence-corrected chi connectivity index (χ1v) is 6.43. The minimum atomic E-state index is -0.520. The molecule has 100 valence electrons. The number of Topliss-reactive ketones (excluding diaryl/α,β-unsaturated/α-hetero) is 1. The van der Waals surface area contributed by atoms with Crippen LogP contribution in [0.25, 0.3) is 0 Å². The predicted octanol–water partition coefficient (Wildman–Crippen LogP) is 2.74. The van der Waals surface area contributed by atoms with E-state index in [1.807, 2.05) is 6.07 Å². The van der Waals surface area contributed by atoms with Crippen LogP contribution in [0.1, 0.15) is 39.6 Å². The monoisotopic (exact) mass is 279 g/mol. The van der Waals surface area contributed by atoms with Gasteiger partial charge in [0.15, 0.2) is 5.78 Å². The predicted molar refractivity (Wildman–Crippen MR) is 71.4 cm³/mol. The zero-order chi connectivity index (χ0) is 14.3. The van der Waals surface area contributed by atoms with Crippen LogP contribution in [0.15, 0.2) is 18.2 Å². The molecule has 1 rings (SSSR count). The average molecular weight is 280 g/mol. The molecule has 4 nitrogen and oxygen atoms in total. The van der Waals surface area contributed by atoms with Gasteiger partial charge in [-0.15, -0.1) is 11.6 Å². The lowest BCUT2D eigenvalue weighted by atomic mass is 9.99. The Morgan fingerprint density at radius 1 is 1.42 bits per heavy atom. The van der Waals surface area contributed by atoms with Gasteiger partial charge in [-0.05, 0) is 18.6 Å². The van der Waals surface area contributed by atoms with Crippen LogP contribution in [0, 0.1) is 11.3 Å². The van der Waals surface area contributed by atoms with Gasteiger partial charge in [-0.25, -0.2) is 4.79 Å².